The average molecular weight is 352 g/mol. The van der Waals surface area contributed by atoms with E-state index in [1.807, 2.05) is 29.6 Å². The first-order valence-electron chi connectivity index (χ1n) is 7.49. The normalized spacial score (nSPS) is 14.9. The van der Waals surface area contributed by atoms with Crippen molar-refractivity contribution in [2.24, 2.45) is 10.3 Å². The van der Waals surface area contributed by atoms with Gasteiger partial charge in [0.05, 0.1) is 17.1 Å². The number of nitrogen functional groups attached to an aromatic ring is 1. The molecular weight excluding hydrogens is 336 g/mol. The van der Waals surface area contributed by atoms with Crippen molar-refractivity contribution in [1.29, 1.82) is 0 Å². The van der Waals surface area contributed by atoms with Crippen LogP contribution in [0.2, 0.25) is 0 Å². The molecule has 2 aromatic rings. The molecule has 3 rings (SSSR count). The van der Waals surface area contributed by atoms with Crippen LogP contribution in [0.25, 0.3) is 10.4 Å². The second kappa shape index (κ2) is 7.59. The van der Waals surface area contributed by atoms with Crippen LogP contribution < -0.4 is 11.1 Å². The van der Waals surface area contributed by atoms with Gasteiger partial charge in [0.25, 0.3) is 5.91 Å². The molecule has 126 valence electrons. The van der Waals surface area contributed by atoms with Gasteiger partial charge in [0.15, 0.2) is 0 Å². The van der Waals surface area contributed by atoms with Crippen LogP contribution in [0.15, 0.2) is 69.8 Å². The molecule has 0 aliphatic heterocycles. The molecule has 0 radical (unpaired) electrons. The summed E-state index contributed by atoms with van der Waals surface area (Å²) in [5, 5.41) is 11.8. The Balaban J connectivity index is 1.74. The summed E-state index contributed by atoms with van der Waals surface area (Å²) in [6.07, 6.45) is 5.61. The average Bonchev–Trinajstić information content (AvgIpc) is 3.17. The van der Waals surface area contributed by atoms with Gasteiger partial charge in [-0.1, -0.05) is 28.5 Å². The van der Waals surface area contributed by atoms with Gasteiger partial charge >= 0.3 is 0 Å². The number of nitrogens with two attached hydrogens (primary N) is 1. The highest BCUT2D eigenvalue weighted by atomic mass is 32.1. The topological polar surface area (TPSA) is 89.1 Å². The summed E-state index contributed by atoms with van der Waals surface area (Å²) in [6.45, 7) is 3.17. The number of amides is 1. The van der Waals surface area contributed by atoms with Gasteiger partial charge < -0.3 is 11.1 Å². The maximum absolute atomic E-state index is 12.5. The summed E-state index contributed by atoms with van der Waals surface area (Å²) in [5.74, 6) is -0.229. The fraction of sp³-hybridized carbons (Fsp3) is 0.0556. The molecule has 0 bridgehead atoms. The van der Waals surface area contributed by atoms with E-state index in [1.54, 1.807) is 35.6 Å². The molecule has 1 aliphatic carbocycles. The lowest BCUT2D eigenvalue weighted by Crippen LogP contribution is -2.16. The van der Waals surface area contributed by atoms with Crippen LogP contribution in [-0.4, -0.2) is 18.3 Å². The lowest BCUT2D eigenvalue weighted by molar-refractivity contribution is -0.112. The van der Waals surface area contributed by atoms with Gasteiger partial charge in [-0.2, -0.15) is 0 Å². The molecule has 0 fully saturated rings. The summed E-state index contributed by atoms with van der Waals surface area (Å²) in [7, 11) is 0. The predicted octanol–water partition coefficient (Wildman–Crippen LogP) is 3.81. The Kier molecular flexibility index (Phi) is 5.06. The molecule has 0 saturated carbocycles. The van der Waals surface area contributed by atoms with E-state index in [4.69, 9.17) is 5.73 Å². The van der Waals surface area contributed by atoms with Crippen LogP contribution in [0.3, 0.4) is 0 Å². The van der Waals surface area contributed by atoms with Crippen molar-refractivity contribution < 1.29 is 9.73 Å². The van der Waals surface area contributed by atoms with Gasteiger partial charge in [0.2, 0.25) is 0 Å². The molecule has 3 N–H and O–H groups in total. The number of anilines is 2. The largest absolute Gasteiger partial charge is 0.397 e. The zero-order valence-electron chi connectivity index (χ0n) is 13.3. The van der Waals surface area contributed by atoms with E-state index in [2.05, 4.69) is 27.3 Å². The Morgan fingerprint density at radius 1 is 1.32 bits per heavy atom. The molecule has 25 heavy (non-hydrogen) atoms. The van der Waals surface area contributed by atoms with Gasteiger partial charge in [-0.05, 0) is 41.3 Å². The molecule has 0 unspecified atom stereocenters. The minimum atomic E-state index is -0.229. The van der Waals surface area contributed by atoms with E-state index < -0.39 is 0 Å². The van der Waals surface area contributed by atoms with Crippen molar-refractivity contribution in [3.63, 3.8) is 0 Å². The van der Waals surface area contributed by atoms with E-state index in [-0.39, 0.29) is 5.91 Å². The number of hydrogen-bond donors (Lipinski definition) is 2. The summed E-state index contributed by atoms with van der Waals surface area (Å²) in [5.41, 5.74) is 9.30. The molecule has 0 atom stereocenters. The lowest BCUT2D eigenvalue weighted by Gasteiger charge is -2.12. The van der Waals surface area contributed by atoms with Crippen molar-refractivity contribution in [1.82, 2.24) is 0 Å². The zero-order valence-corrected chi connectivity index (χ0v) is 14.1. The smallest absolute Gasteiger partial charge is 0.255 e. The van der Waals surface area contributed by atoms with Gasteiger partial charge in [0.1, 0.15) is 0 Å². The highest BCUT2D eigenvalue weighted by Gasteiger charge is 2.13. The Labute approximate surface area is 149 Å². The van der Waals surface area contributed by atoms with Gasteiger partial charge in [-0.3, -0.25) is 4.79 Å². The van der Waals surface area contributed by atoms with Crippen LogP contribution in [0.5, 0.6) is 0 Å². The Hall–Kier alpha value is -3.19. The van der Waals surface area contributed by atoms with Gasteiger partial charge in [-0.25, -0.2) is 4.94 Å². The van der Waals surface area contributed by atoms with Crippen LogP contribution in [-0.2, 0) is 9.73 Å². The van der Waals surface area contributed by atoms with E-state index in [9.17, 15) is 4.79 Å². The third-order valence-electron chi connectivity index (χ3n) is 3.57. The number of oxime groups is 2. The van der Waals surface area contributed by atoms with Gasteiger partial charge in [-0.15, -0.1) is 11.3 Å². The molecular formula is C18H16N4O2S. The fourth-order valence-corrected chi connectivity index (χ4v) is 3.03. The van der Waals surface area contributed by atoms with E-state index in [0.29, 0.717) is 29.1 Å². The molecule has 7 heteroatoms. The molecule has 1 aromatic heterocycles. The quantitative estimate of drug-likeness (QED) is 0.487. The third kappa shape index (κ3) is 4.02. The van der Waals surface area contributed by atoms with Crippen molar-refractivity contribution >= 4 is 41.0 Å². The second-order valence-electron chi connectivity index (χ2n) is 5.22. The van der Waals surface area contributed by atoms with Crippen LogP contribution in [0.4, 0.5) is 11.4 Å². The summed E-state index contributed by atoms with van der Waals surface area (Å²) in [6, 6.07) is 9.61. The summed E-state index contributed by atoms with van der Waals surface area (Å²) >= 11 is 1.63. The van der Waals surface area contributed by atoms with Crippen LogP contribution >= 0.6 is 11.3 Å². The molecule has 1 aromatic carbocycles. The number of carbonyl (C=O) groups is 1. The SMILES string of the molecule is C=NO/N=C1/C=CC(C(=O)Nc2cc(-c3cccs3)ccc2N)=CC1. The first kappa shape index (κ1) is 16.7. The summed E-state index contributed by atoms with van der Waals surface area (Å²) in [4.78, 5) is 18.1. The Morgan fingerprint density at radius 3 is 2.88 bits per heavy atom. The highest BCUT2D eigenvalue weighted by Crippen LogP contribution is 2.30. The van der Waals surface area contributed by atoms with Crippen molar-refractivity contribution in [2.75, 3.05) is 11.1 Å². The number of nitrogens with zero attached hydrogens (tertiary/aromatic N) is 2. The Morgan fingerprint density at radius 2 is 2.20 bits per heavy atom. The zero-order chi connectivity index (χ0) is 17.6. The number of carbonyl (C=O) groups excluding carboxylic acids is 1. The molecule has 0 saturated heterocycles. The molecule has 6 nitrogen and oxygen atoms in total. The first-order chi connectivity index (χ1) is 12.2. The third-order valence-corrected chi connectivity index (χ3v) is 4.49. The highest BCUT2D eigenvalue weighted by molar-refractivity contribution is 7.13. The number of benzene rings is 1. The van der Waals surface area contributed by atoms with Gasteiger partial charge in [0, 0.05) is 23.6 Å². The van der Waals surface area contributed by atoms with Crippen molar-refractivity contribution in [2.45, 2.75) is 6.42 Å². The predicted molar refractivity (Wildman–Crippen MR) is 103 cm³/mol. The number of allylic oxidation sites excluding steroid dienone is 2. The molecule has 1 heterocycles. The monoisotopic (exact) mass is 352 g/mol. The lowest BCUT2D eigenvalue weighted by atomic mass is 10.0. The first-order valence-corrected chi connectivity index (χ1v) is 8.37. The number of hydrogen-bond acceptors (Lipinski definition) is 6. The van der Waals surface area contributed by atoms with E-state index in [1.165, 1.54) is 0 Å². The van der Waals surface area contributed by atoms with E-state index in [0.717, 1.165) is 10.4 Å². The number of thiophene rings is 1. The van der Waals surface area contributed by atoms with Crippen LogP contribution in [0, 0.1) is 0 Å². The van der Waals surface area contributed by atoms with Crippen molar-refractivity contribution in [3.05, 3.63) is 59.5 Å². The standard InChI is InChI=1S/C18H16N4O2S/c1-20-24-22-14-7-4-12(5-8-14)18(23)21-16-11-13(6-9-15(16)19)17-3-2-10-25-17/h2-7,9-11H,1,8,19H2,(H,21,23)/b22-14-. The maximum Gasteiger partial charge on any atom is 0.255 e. The Bertz CT molecular complexity index is 882. The fourth-order valence-electron chi connectivity index (χ4n) is 2.31. The minimum Gasteiger partial charge on any atom is -0.397 e. The maximum atomic E-state index is 12.5. The van der Waals surface area contributed by atoms with Crippen molar-refractivity contribution in [3.8, 4) is 10.4 Å². The molecule has 1 aliphatic rings. The molecule has 0 spiro atoms. The molecule has 1 amide bonds. The summed E-state index contributed by atoms with van der Waals surface area (Å²) < 4.78 is 0. The number of nitrogens with one attached hydrogen (secondary N) is 1. The second-order valence-corrected chi connectivity index (χ2v) is 6.17. The van der Waals surface area contributed by atoms with Crippen LogP contribution in [0.1, 0.15) is 6.42 Å². The minimum absolute atomic E-state index is 0.229. The number of rotatable bonds is 5. The van der Waals surface area contributed by atoms with E-state index >= 15 is 0 Å².